The number of nitrogens with zero attached hydrogens (tertiary/aromatic N) is 1. The van der Waals surface area contributed by atoms with Crippen molar-refractivity contribution in [2.45, 2.75) is 31.0 Å². The lowest BCUT2D eigenvalue weighted by atomic mass is 9.65. The molecule has 0 radical (unpaired) electrons. The fourth-order valence-electron chi connectivity index (χ4n) is 3.18. The molecule has 132 valence electrons. The second kappa shape index (κ2) is 6.25. The number of carboxylic acids is 2. The predicted octanol–water partition coefficient (Wildman–Crippen LogP) is -0.452. The fraction of sp³-hybridized carbons (Fsp3) is 0.533. The predicted molar refractivity (Wildman–Crippen MR) is 80.9 cm³/mol. The number of carbonyl (C=O) groups excluding carboxylic acids is 1. The van der Waals surface area contributed by atoms with Crippen molar-refractivity contribution in [2.24, 2.45) is 0 Å². The number of amides is 1. The van der Waals surface area contributed by atoms with Gasteiger partial charge in [0.15, 0.2) is 11.1 Å². The summed E-state index contributed by atoms with van der Waals surface area (Å²) in [4.78, 5) is 36.4. The molecule has 2 saturated heterocycles. The minimum absolute atomic E-state index is 0.00729. The zero-order chi connectivity index (χ0) is 18.1. The zero-order valence-electron chi connectivity index (χ0n) is 13.4. The largest absolute Gasteiger partial charge is 0.477 e. The van der Waals surface area contributed by atoms with Crippen molar-refractivity contribution in [2.75, 3.05) is 19.9 Å². The highest BCUT2D eigenvalue weighted by Crippen LogP contribution is 2.45. The van der Waals surface area contributed by atoms with Crippen LogP contribution in [0, 0.1) is 0 Å². The summed E-state index contributed by atoms with van der Waals surface area (Å²) in [5.74, 6) is -3.56. The first kappa shape index (κ1) is 18.0. The number of ether oxygens (including phenoxy) is 2. The summed E-state index contributed by atoms with van der Waals surface area (Å²) >= 11 is 0. The Morgan fingerprint density at radius 3 is 2.46 bits per heavy atom. The molecule has 0 saturated carbocycles. The van der Waals surface area contributed by atoms with E-state index in [1.165, 1.54) is 0 Å². The smallest absolute Gasteiger partial charge is 0.344 e. The van der Waals surface area contributed by atoms with Crippen molar-refractivity contribution in [3.8, 4) is 0 Å². The Hall–Kier alpha value is -2.39. The first-order valence-electron chi connectivity index (χ1n) is 7.27. The Bertz CT molecular complexity index is 591. The molecule has 9 nitrogen and oxygen atoms in total. The number of nitrogens with one attached hydrogen (secondary N) is 1. The summed E-state index contributed by atoms with van der Waals surface area (Å²) in [6.45, 7) is 7.61. The molecule has 0 aromatic heterocycles. The highest BCUT2D eigenvalue weighted by Gasteiger charge is 2.70. The lowest BCUT2D eigenvalue weighted by Gasteiger charge is -2.63. The second-order valence-electron chi connectivity index (χ2n) is 6.03. The van der Waals surface area contributed by atoms with Gasteiger partial charge in [-0.05, 0) is 13.8 Å². The molecule has 2 fully saturated rings. The summed E-state index contributed by atoms with van der Waals surface area (Å²) in [6.07, 6.45) is 1.73. The van der Waals surface area contributed by atoms with Gasteiger partial charge >= 0.3 is 11.9 Å². The molecule has 2 heterocycles. The van der Waals surface area contributed by atoms with Crippen LogP contribution in [0.25, 0.3) is 0 Å². The summed E-state index contributed by atoms with van der Waals surface area (Å²) < 4.78 is 10.6. The molecule has 2 rings (SSSR count). The van der Waals surface area contributed by atoms with Gasteiger partial charge in [-0.3, -0.25) is 4.79 Å². The van der Waals surface area contributed by atoms with E-state index >= 15 is 0 Å². The fourth-order valence-corrected chi connectivity index (χ4v) is 3.18. The second-order valence-corrected chi connectivity index (χ2v) is 6.03. The zero-order valence-corrected chi connectivity index (χ0v) is 13.4. The first-order chi connectivity index (χ1) is 11.2. The van der Waals surface area contributed by atoms with Crippen LogP contribution in [0.2, 0.25) is 0 Å². The molecule has 0 aromatic carbocycles. The van der Waals surface area contributed by atoms with E-state index in [2.05, 4.69) is 11.9 Å². The molecule has 1 amide bonds. The van der Waals surface area contributed by atoms with Crippen LogP contribution in [-0.2, 0) is 23.9 Å². The number of hydrogen-bond acceptors (Lipinski definition) is 6. The van der Waals surface area contributed by atoms with Gasteiger partial charge in [0, 0.05) is 12.7 Å². The van der Waals surface area contributed by atoms with Crippen LogP contribution in [0.5, 0.6) is 0 Å². The van der Waals surface area contributed by atoms with Gasteiger partial charge in [0.05, 0.1) is 12.1 Å². The van der Waals surface area contributed by atoms with Gasteiger partial charge in [0.25, 0.3) is 5.91 Å². The number of hydrogen-bond donors (Lipinski definition) is 3. The minimum Gasteiger partial charge on any atom is -0.477 e. The number of aliphatic carboxylic acids is 2. The SMILES string of the molecule is C=CCN1C(=O)[C@@](NC=C(C(=O)O)C(=O)O)([C@@H]2COCO2)C1(C)C. The molecular weight excluding hydrogens is 320 g/mol. The summed E-state index contributed by atoms with van der Waals surface area (Å²) in [5.41, 5.74) is -2.99. The van der Waals surface area contributed by atoms with Crippen LogP contribution in [0.15, 0.2) is 24.4 Å². The van der Waals surface area contributed by atoms with E-state index in [1.807, 2.05) is 0 Å². The van der Waals surface area contributed by atoms with E-state index in [1.54, 1.807) is 24.8 Å². The minimum atomic E-state index is -1.61. The normalized spacial score (nSPS) is 28.0. The van der Waals surface area contributed by atoms with Gasteiger partial charge in [0.2, 0.25) is 0 Å². The first-order valence-corrected chi connectivity index (χ1v) is 7.27. The number of rotatable bonds is 7. The van der Waals surface area contributed by atoms with E-state index in [-0.39, 0.29) is 19.3 Å². The Labute approximate surface area is 138 Å². The van der Waals surface area contributed by atoms with Crippen molar-refractivity contribution in [3.05, 3.63) is 24.4 Å². The van der Waals surface area contributed by atoms with Crippen LogP contribution in [0.4, 0.5) is 0 Å². The third-order valence-electron chi connectivity index (χ3n) is 4.54. The van der Waals surface area contributed by atoms with E-state index in [9.17, 15) is 14.4 Å². The molecule has 0 unspecified atom stereocenters. The number of carbonyl (C=O) groups is 3. The van der Waals surface area contributed by atoms with E-state index in [0.717, 1.165) is 6.20 Å². The van der Waals surface area contributed by atoms with Crippen molar-refractivity contribution in [1.82, 2.24) is 10.2 Å². The monoisotopic (exact) mass is 340 g/mol. The Kier molecular flexibility index (Phi) is 4.68. The lowest BCUT2D eigenvalue weighted by molar-refractivity contribution is -0.187. The Balaban J connectivity index is 2.41. The van der Waals surface area contributed by atoms with E-state index in [0.29, 0.717) is 6.54 Å². The average molecular weight is 340 g/mol. The van der Waals surface area contributed by atoms with Crippen LogP contribution < -0.4 is 5.32 Å². The number of carboxylic acid groups (broad SMARTS) is 2. The van der Waals surface area contributed by atoms with Gasteiger partial charge in [-0.1, -0.05) is 6.08 Å². The molecule has 24 heavy (non-hydrogen) atoms. The van der Waals surface area contributed by atoms with Crippen LogP contribution in [-0.4, -0.2) is 70.1 Å². The Morgan fingerprint density at radius 1 is 1.42 bits per heavy atom. The Morgan fingerprint density at radius 2 is 2.04 bits per heavy atom. The maximum atomic E-state index is 12.8. The molecule has 0 aliphatic carbocycles. The quantitative estimate of drug-likeness (QED) is 0.187. The standard InChI is InChI=1S/C15H20N2O7/c1-4-5-17-13(22)15(14(17,2)3,10-7-23-8-24-10)16-6-9(11(18)19)12(20)21/h4,6,10,16H,1,5,7-8H2,2-3H3,(H,18,19)(H,20,21)/t10-,15-/m0/s1. The van der Waals surface area contributed by atoms with Crippen molar-refractivity contribution in [3.63, 3.8) is 0 Å². The molecule has 3 N–H and O–H groups in total. The molecule has 0 bridgehead atoms. The molecule has 0 aromatic rings. The van der Waals surface area contributed by atoms with Gasteiger partial charge in [-0.2, -0.15) is 0 Å². The topological polar surface area (TPSA) is 125 Å². The summed E-state index contributed by atoms with van der Waals surface area (Å²) in [7, 11) is 0. The van der Waals surface area contributed by atoms with Gasteiger partial charge in [0.1, 0.15) is 12.9 Å². The molecule has 2 atom stereocenters. The lowest BCUT2D eigenvalue weighted by Crippen LogP contribution is -2.88. The van der Waals surface area contributed by atoms with Crippen molar-refractivity contribution >= 4 is 17.8 Å². The highest BCUT2D eigenvalue weighted by atomic mass is 16.7. The molecular formula is C15H20N2O7. The maximum Gasteiger partial charge on any atom is 0.344 e. The third-order valence-corrected chi connectivity index (χ3v) is 4.54. The van der Waals surface area contributed by atoms with Crippen LogP contribution >= 0.6 is 0 Å². The number of likely N-dealkylation sites (tertiary alicyclic amines) is 1. The van der Waals surface area contributed by atoms with E-state index in [4.69, 9.17) is 19.7 Å². The molecule has 9 heteroatoms. The summed E-state index contributed by atoms with van der Waals surface area (Å²) in [6, 6.07) is 0. The number of β-lactam (4-membered cyclic amide) rings is 1. The molecule has 2 aliphatic heterocycles. The van der Waals surface area contributed by atoms with Crippen LogP contribution in [0.3, 0.4) is 0 Å². The molecule has 0 spiro atoms. The van der Waals surface area contributed by atoms with Crippen LogP contribution in [0.1, 0.15) is 13.8 Å². The average Bonchev–Trinajstić information content (AvgIpc) is 3.01. The highest BCUT2D eigenvalue weighted by molar-refractivity contribution is 6.12. The van der Waals surface area contributed by atoms with Gasteiger partial charge < -0.3 is 29.9 Å². The van der Waals surface area contributed by atoms with Crippen molar-refractivity contribution in [1.29, 1.82) is 0 Å². The summed E-state index contributed by atoms with van der Waals surface area (Å²) in [5, 5.41) is 20.7. The third kappa shape index (κ3) is 2.45. The van der Waals surface area contributed by atoms with Crippen molar-refractivity contribution < 1.29 is 34.1 Å². The maximum absolute atomic E-state index is 12.8. The van der Waals surface area contributed by atoms with Gasteiger partial charge in [-0.15, -0.1) is 6.58 Å². The van der Waals surface area contributed by atoms with Gasteiger partial charge in [-0.25, -0.2) is 9.59 Å². The van der Waals surface area contributed by atoms with E-state index < -0.39 is 34.7 Å². The molecule has 2 aliphatic rings.